The molecule has 0 saturated carbocycles. The predicted octanol–water partition coefficient (Wildman–Crippen LogP) is 3.24. The van der Waals surface area contributed by atoms with Crippen LogP contribution in [0.5, 0.6) is 0 Å². The fraction of sp³-hybridized carbons (Fsp3) is 0.250. The van der Waals surface area contributed by atoms with Crippen molar-refractivity contribution in [3.63, 3.8) is 0 Å². The smallest absolute Gasteiger partial charge is 0.163 e. The Hall–Kier alpha value is -1.26. The van der Waals surface area contributed by atoms with Crippen LogP contribution in [0.15, 0.2) is 18.2 Å². The molecule has 0 aliphatic rings. The second-order valence-corrected chi connectivity index (χ2v) is 3.50. The lowest BCUT2D eigenvalue weighted by Gasteiger charge is -2.01. The SMILES string of the molecule is C#CCCC(=O)c1ccc(C)c(Cl)c1. The number of rotatable bonds is 3. The molecule has 0 unspecified atom stereocenters. The van der Waals surface area contributed by atoms with Gasteiger partial charge in [0.1, 0.15) is 0 Å². The molecule has 1 nitrogen and oxygen atoms in total. The third-order valence-electron chi connectivity index (χ3n) is 1.99. The van der Waals surface area contributed by atoms with Gasteiger partial charge in [-0.05, 0) is 18.6 Å². The van der Waals surface area contributed by atoms with E-state index >= 15 is 0 Å². The Bertz CT molecular complexity index is 388. The summed E-state index contributed by atoms with van der Waals surface area (Å²) in [6.45, 7) is 1.90. The maximum atomic E-state index is 11.5. The molecule has 0 atom stereocenters. The molecule has 0 N–H and O–H groups in total. The molecule has 0 heterocycles. The van der Waals surface area contributed by atoms with Crippen LogP contribution in [-0.4, -0.2) is 5.78 Å². The molecular weight excluding hydrogens is 196 g/mol. The Balaban J connectivity index is 2.82. The number of Topliss-reactive ketones (excluding diaryl/α,β-unsaturated/α-hetero) is 1. The summed E-state index contributed by atoms with van der Waals surface area (Å²) >= 11 is 5.90. The Morgan fingerprint density at radius 1 is 1.57 bits per heavy atom. The van der Waals surface area contributed by atoms with E-state index in [1.54, 1.807) is 12.1 Å². The third-order valence-corrected chi connectivity index (χ3v) is 2.40. The molecule has 1 aromatic rings. The number of benzene rings is 1. The van der Waals surface area contributed by atoms with Gasteiger partial charge in [0.25, 0.3) is 0 Å². The summed E-state index contributed by atoms with van der Waals surface area (Å²) in [6.07, 6.45) is 5.94. The molecule has 2 heteroatoms. The lowest BCUT2D eigenvalue weighted by Crippen LogP contribution is -1.98. The van der Waals surface area contributed by atoms with Crippen LogP contribution >= 0.6 is 11.6 Å². The molecule has 1 aromatic carbocycles. The largest absolute Gasteiger partial charge is 0.294 e. The zero-order valence-electron chi connectivity index (χ0n) is 8.01. The van der Waals surface area contributed by atoms with Crippen LogP contribution in [0.3, 0.4) is 0 Å². The van der Waals surface area contributed by atoms with Gasteiger partial charge in [-0.15, -0.1) is 12.3 Å². The standard InChI is InChI=1S/C12H11ClO/c1-3-4-5-12(14)10-7-6-9(2)11(13)8-10/h1,6-8H,4-5H2,2H3. The number of carbonyl (C=O) groups excluding carboxylic acids is 1. The Labute approximate surface area is 89.1 Å². The van der Waals surface area contributed by atoms with Gasteiger partial charge >= 0.3 is 0 Å². The van der Waals surface area contributed by atoms with E-state index in [1.807, 2.05) is 13.0 Å². The zero-order valence-corrected chi connectivity index (χ0v) is 8.77. The molecule has 0 saturated heterocycles. The molecule has 14 heavy (non-hydrogen) atoms. The van der Waals surface area contributed by atoms with E-state index in [9.17, 15) is 4.79 Å². The summed E-state index contributed by atoms with van der Waals surface area (Å²) in [5.41, 5.74) is 1.61. The molecular formula is C12H11ClO. The summed E-state index contributed by atoms with van der Waals surface area (Å²) in [4.78, 5) is 11.5. The van der Waals surface area contributed by atoms with Crippen molar-refractivity contribution < 1.29 is 4.79 Å². The minimum absolute atomic E-state index is 0.0462. The van der Waals surface area contributed by atoms with E-state index in [2.05, 4.69) is 5.92 Å². The van der Waals surface area contributed by atoms with Crippen molar-refractivity contribution in [1.29, 1.82) is 0 Å². The van der Waals surface area contributed by atoms with E-state index in [1.165, 1.54) is 0 Å². The first-order chi connectivity index (χ1) is 6.65. The lowest BCUT2D eigenvalue weighted by atomic mass is 10.1. The summed E-state index contributed by atoms with van der Waals surface area (Å²) < 4.78 is 0. The molecule has 1 rings (SSSR count). The summed E-state index contributed by atoms with van der Waals surface area (Å²) in [6, 6.07) is 5.31. The van der Waals surface area contributed by atoms with Crippen molar-refractivity contribution in [2.24, 2.45) is 0 Å². The maximum absolute atomic E-state index is 11.5. The summed E-state index contributed by atoms with van der Waals surface area (Å²) in [5.74, 6) is 2.49. The molecule has 0 aromatic heterocycles. The van der Waals surface area contributed by atoms with Crippen LogP contribution in [0.2, 0.25) is 5.02 Å². The molecule has 0 spiro atoms. The Morgan fingerprint density at radius 3 is 2.86 bits per heavy atom. The van der Waals surface area contributed by atoms with Crippen LogP contribution in [0.1, 0.15) is 28.8 Å². The van der Waals surface area contributed by atoms with Crippen LogP contribution in [-0.2, 0) is 0 Å². The van der Waals surface area contributed by atoms with Gasteiger partial charge in [-0.2, -0.15) is 0 Å². The minimum atomic E-state index is 0.0462. The highest BCUT2D eigenvalue weighted by Gasteiger charge is 2.06. The number of halogens is 1. The molecule has 72 valence electrons. The van der Waals surface area contributed by atoms with Crippen molar-refractivity contribution in [2.45, 2.75) is 19.8 Å². The van der Waals surface area contributed by atoms with Gasteiger partial charge in [0.15, 0.2) is 5.78 Å². The van der Waals surface area contributed by atoms with Gasteiger partial charge in [-0.1, -0.05) is 23.7 Å². The van der Waals surface area contributed by atoms with E-state index in [0.29, 0.717) is 23.4 Å². The third kappa shape index (κ3) is 2.61. The molecule has 0 fully saturated rings. The first-order valence-electron chi connectivity index (χ1n) is 4.38. The normalized spacial score (nSPS) is 9.50. The molecule has 0 amide bonds. The average molecular weight is 207 g/mol. The Kier molecular flexibility index (Phi) is 3.73. The van der Waals surface area contributed by atoms with Gasteiger partial charge in [0, 0.05) is 23.4 Å². The monoisotopic (exact) mass is 206 g/mol. The van der Waals surface area contributed by atoms with E-state index in [4.69, 9.17) is 18.0 Å². The summed E-state index contributed by atoms with van der Waals surface area (Å²) in [5, 5.41) is 0.622. The number of carbonyl (C=O) groups is 1. The highest BCUT2D eigenvalue weighted by Crippen LogP contribution is 2.17. The number of ketones is 1. The first kappa shape index (κ1) is 10.8. The van der Waals surface area contributed by atoms with E-state index < -0.39 is 0 Å². The van der Waals surface area contributed by atoms with Crippen LogP contribution in [0, 0.1) is 19.3 Å². The number of hydrogen-bond acceptors (Lipinski definition) is 1. The fourth-order valence-electron chi connectivity index (χ4n) is 1.10. The van der Waals surface area contributed by atoms with Crippen LogP contribution in [0.25, 0.3) is 0 Å². The number of terminal acetylenes is 1. The van der Waals surface area contributed by atoms with Gasteiger partial charge in [-0.3, -0.25) is 4.79 Å². The van der Waals surface area contributed by atoms with E-state index in [-0.39, 0.29) is 5.78 Å². The molecule has 0 bridgehead atoms. The van der Waals surface area contributed by atoms with Gasteiger partial charge in [0.2, 0.25) is 0 Å². The van der Waals surface area contributed by atoms with Crippen molar-refractivity contribution in [1.82, 2.24) is 0 Å². The van der Waals surface area contributed by atoms with Crippen molar-refractivity contribution in [2.75, 3.05) is 0 Å². The predicted molar refractivity (Wildman–Crippen MR) is 58.6 cm³/mol. The molecule has 0 aliphatic heterocycles. The van der Waals surface area contributed by atoms with Crippen molar-refractivity contribution >= 4 is 17.4 Å². The highest BCUT2D eigenvalue weighted by molar-refractivity contribution is 6.31. The minimum Gasteiger partial charge on any atom is -0.294 e. The number of aryl methyl sites for hydroxylation is 1. The molecule has 0 radical (unpaired) electrons. The second kappa shape index (κ2) is 4.83. The number of hydrogen-bond donors (Lipinski definition) is 0. The van der Waals surface area contributed by atoms with Crippen LogP contribution < -0.4 is 0 Å². The topological polar surface area (TPSA) is 17.1 Å². The summed E-state index contributed by atoms with van der Waals surface area (Å²) in [7, 11) is 0. The van der Waals surface area contributed by atoms with Crippen LogP contribution in [0.4, 0.5) is 0 Å². The second-order valence-electron chi connectivity index (χ2n) is 3.09. The van der Waals surface area contributed by atoms with Crippen molar-refractivity contribution in [3.8, 4) is 12.3 Å². The highest BCUT2D eigenvalue weighted by atomic mass is 35.5. The van der Waals surface area contributed by atoms with E-state index in [0.717, 1.165) is 5.56 Å². The zero-order chi connectivity index (χ0) is 10.6. The van der Waals surface area contributed by atoms with Gasteiger partial charge in [-0.25, -0.2) is 0 Å². The average Bonchev–Trinajstić information content (AvgIpc) is 2.18. The van der Waals surface area contributed by atoms with Crippen molar-refractivity contribution in [3.05, 3.63) is 34.3 Å². The molecule has 0 aliphatic carbocycles. The van der Waals surface area contributed by atoms with Gasteiger partial charge < -0.3 is 0 Å². The Morgan fingerprint density at radius 2 is 2.29 bits per heavy atom. The fourth-order valence-corrected chi connectivity index (χ4v) is 1.28. The first-order valence-corrected chi connectivity index (χ1v) is 4.75. The quantitative estimate of drug-likeness (QED) is 0.548. The lowest BCUT2D eigenvalue weighted by molar-refractivity contribution is 0.0984. The van der Waals surface area contributed by atoms with Gasteiger partial charge in [0.05, 0.1) is 0 Å². The maximum Gasteiger partial charge on any atom is 0.163 e.